The second-order valence-electron chi connectivity index (χ2n) is 3.98. The molecule has 4 nitrogen and oxygen atoms in total. The van der Waals surface area contributed by atoms with Crippen molar-refractivity contribution in [3.05, 3.63) is 23.8 Å². The van der Waals surface area contributed by atoms with Gasteiger partial charge in [-0.25, -0.2) is 4.79 Å². The number of cyclic esters (lactones) is 1. The second kappa shape index (κ2) is 3.70. The highest BCUT2D eigenvalue weighted by Crippen LogP contribution is 2.33. The topological polar surface area (TPSA) is 44.8 Å². The number of fused-ring (bicyclic) bond motifs is 1. The van der Waals surface area contributed by atoms with Gasteiger partial charge in [-0.3, -0.25) is 0 Å². The van der Waals surface area contributed by atoms with Crippen LogP contribution < -0.4 is 9.47 Å². The Morgan fingerprint density at radius 1 is 1.31 bits per heavy atom. The Balaban J connectivity index is 2.38. The van der Waals surface area contributed by atoms with Crippen LogP contribution in [0.1, 0.15) is 31.1 Å². The monoisotopic (exact) mass is 222 g/mol. The first-order valence-corrected chi connectivity index (χ1v) is 5.21. The van der Waals surface area contributed by atoms with Gasteiger partial charge in [0.15, 0.2) is 0 Å². The quantitative estimate of drug-likeness (QED) is 0.720. The van der Waals surface area contributed by atoms with E-state index in [2.05, 4.69) is 0 Å². The number of hydrogen-bond donors (Lipinski definition) is 0. The molecule has 86 valence electrons. The molecule has 1 aromatic carbocycles. The molecular weight excluding hydrogens is 208 g/mol. The summed E-state index contributed by atoms with van der Waals surface area (Å²) in [5, 5.41) is 0. The fraction of sp³-hybridized carbons (Fsp3) is 0.417. The minimum atomic E-state index is -0.922. The van der Waals surface area contributed by atoms with Gasteiger partial charge in [-0.1, -0.05) is 0 Å². The van der Waals surface area contributed by atoms with Crippen molar-refractivity contribution in [1.82, 2.24) is 0 Å². The third-order valence-electron chi connectivity index (χ3n) is 2.18. The number of benzene rings is 1. The van der Waals surface area contributed by atoms with Gasteiger partial charge >= 0.3 is 5.97 Å². The van der Waals surface area contributed by atoms with E-state index >= 15 is 0 Å². The molecule has 0 aliphatic carbocycles. The van der Waals surface area contributed by atoms with Crippen molar-refractivity contribution in [1.29, 1.82) is 0 Å². The summed E-state index contributed by atoms with van der Waals surface area (Å²) in [7, 11) is 0. The van der Waals surface area contributed by atoms with Gasteiger partial charge in [0.25, 0.3) is 0 Å². The number of rotatable bonds is 2. The van der Waals surface area contributed by atoms with Crippen molar-refractivity contribution in [2.45, 2.75) is 26.6 Å². The molecule has 1 aliphatic rings. The third-order valence-corrected chi connectivity index (χ3v) is 2.18. The first-order chi connectivity index (χ1) is 7.52. The average molecular weight is 222 g/mol. The lowest BCUT2D eigenvalue weighted by Gasteiger charge is -2.31. The minimum absolute atomic E-state index is 0.366. The Morgan fingerprint density at radius 2 is 2.06 bits per heavy atom. The van der Waals surface area contributed by atoms with Crippen LogP contribution in [0.4, 0.5) is 0 Å². The van der Waals surface area contributed by atoms with Gasteiger partial charge in [0.1, 0.15) is 17.1 Å². The van der Waals surface area contributed by atoms with E-state index < -0.39 is 5.79 Å². The zero-order chi connectivity index (χ0) is 11.8. The fourth-order valence-corrected chi connectivity index (χ4v) is 1.58. The van der Waals surface area contributed by atoms with Crippen LogP contribution in [0.2, 0.25) is 0 Å². The minimum Gasteiger partial charge on any atom is -0.494 e. The normalized spacial score (nSPS) is 17.1. The average Bonchev–Trinajstić information content (AvgIpc) is 2.15. The molecule has 0 saturated carbocycles. The molecule has 0 amide bonds. The lowest BCUT2D eigenvalue weighted by Crippen LogP contribution is -2.38. The van der Waals surface area contributed by atoms with Crippen LogP contribution in [0.5, 0.6) is 11.5 Å². The largest absolute Gasteiger partial charge is 0.494 e. The smallest absolute Gasteiger partial charge is 0.345 e. The van der Waals surface area contributed by atoms with Gasteiger partial charge in [0, 0.05) is 19.9 Å². The van der Waals surface area contributed by atoms with Gasteiger partial charge in [-0.05, 0) is 19.1 Å². The Labute approximate surface area is 94.1 Å². The van der Waals surface area contributed by atoms with E-state index in [0.29, 0.717) is 23.7 Å². The molecule has 0 fully saturated rings. The molecule has 0 spiro atoms. The van der Waals surface area contributed by atoms with E-state index in [0.717, 1.165) is 0 Å². The maximum atomic E-state index is 11.6. The molecule has 1 heterocycles. The summed E-state index contributed by atoms with van der Waals surface area (Å²) in [4.78, 5) is 11.6. The Hall–Kier alpha value is -1.71. The SMILES string of the molecule is CCOc1ccc2c(c1)OC(C)(C)OC2=O. The van der Waals surface area contributed by atoms with Crippen molar-refractivity contribution in [2.75, 3.05) is 6.61 Å². The Kier molecular flexibility index (Phi) is 2.50. The highest BCUT2D eigenvalue weighted by molar-refractivity contribution is 5.93. The van der Waals surface area contributed by atoms with E-state index in [4.69, 9.17) is 14.2 Å². The summed E-state index contributed by atoms with van der Waals surface area (Å²) in [6, 6.07) is 5.09. The number of hydrogen-bond acceptors (Lipinski definition) is 4. The van der Waals surface area contributed by atoms with E-state index in [1.54, 1.807) is 32.0 Å². The number of ether oxygens (including phenoxy) is 3. The summed E-state index contributed by atoms with van der Waals surface area (Å²) in [5.74, 6) is -0.0946. The summed E-state index contributed by atoms with van der Waals surface area (Å²) in [6.07, 6.45) is 0. The summed E-state index contributed by atoms with van der Waals surface area (Å²) in [6.45, 7) is 5.87. The van der Waals surface area contributed by atoms with Crippen LogP contribution in [-0.2, 0) is 4.74 Å². The fourth-order valence-electron chi connectivity index (χ4n) is 1.58. The lowest BCUT2D eigenvalue weighted by molar-refractivity contribution is -0.127. The molecule has 16 heavy (non-hydrogen) atoms. The standard InChI is InChI=1S/C12H14O4/c1-4-14-8-5-6-9-10(7-8)15-12(2,3)16-11(9)13/h5-7H,4H2,1-3H3. The molecule has 0 atom stereocenters. The van der Waals surface area contributed by atoms with Crippen molar-refractivity contribution < 1.29 is 19.0 Å². The molecule has 0 saturated heterocycles. The molecule has 0 N–H and O–H groups in total. The molecule has 0 aromatic heterocycles. The van der Waals surface area contributed by atoms with Crippen molar-refractivity contribution in [3.8, 4) is 11.5 Å². The Morgan fingerprint density at radius 3 is 2.75 bits per heavy atom. The molecule has 0 bridgehead atoms. The van der Waals surface area contributed by atoms with Crippen LogP contribution >= 0.6 is 0 Å². The van der Waals surface area contributed by atoms with Gasteiger partial charge in [0.2, 0.25) is 5.79 Å². The summed E-state index contributed by atoms with van der Waals surface area (Å²) < 4.78 is 16.0. The van der Waals surface area contributed by atoms with Crippen molar-refractivity contribution in [2.24, 2.45) is 0 Å². The first-order valence-electron chi connectivity index (χ1n) is 5.21. The van der Waals surface area contributed by atoms with Gasteiger partial charge in [-0.15, -0.1) is 0 Å². The van der Waals surface area contributed by atoms with E-state index in [1.165, 1.54) is 0 Å². The highest BCUT2D eigenvalue weighted by Gasteiger charge is 2.33. The van der Waals surface area contributed by atoms with Gasteiger partial charge in [0.05, 0.1) is 6.61 Å². The summed E-state index contributed by atoms with van der Waals surface area (Å²) in [5.41, 5.74) is 0.433. The number of carbonyl (C=O) groups excluding carboxylic acids is 1. The predicted molar refractivity (Wildman–Crippen MR) is 57.7 cm³/mol. The summed E-state index contributed by atoms with van der Waals surface area (Å²) >= 11 is 0. The molecule has 4 heteroatoms. The molecule has 1 aromatic rings. The molecule has 0 unspecified atom stereocenters. The maximum Gasteiger partial charge on any atom is 0.345 e. The van der Waals surface area contributed by atoms with Crippen molar-refractivity contribution >= 4 is 5.97 Å². The number of carbonyl (C=O) groups is 1. The molecular formula is C12H14O4. The third kappa shape index (κ3) is 1.96. The Bertz CT molecular complexity index is 423. The zero-order valence-corrected chi connectivity index (χ0v) is 9.57. The van der Waals surface area contributed by atoms with Gasteiger partial charge < -0.3 is 14.2 Å². The van der Waals surface area contributed by atoms with E-state index in [1.807, 2.05) is 6.92 Å². The molecule has 0 radical (unpaired) electrons. The van der Waals surface area contributed by atoms with Crippen LogP contribution in [0.15, 0.2) is 18.2 Å². The maximum absolute atomic E-state index is 11.6. The lowest BCUT2D eigenvalue weighted by atomic mass is 10.1. The predicted octanol–water partition coefficient (Wildman–Crippen LogP) is 2.37. The van der Waals surface area contributed by atoms with E-state index in [9.17, 15) is 4.79 Å². The zero-order valence-electron chi connectivity index (χ0n) is 9.57. The highest BCUT2D eigenvalue weighted by atomic mass is 16.7. The second-order valence-corrected chi connectivity index (χ2v) is 3.98. The van der Waals surface area contributed by atoms with Crippen LogP contribution in [-0.4, -0.2) is 18.4 Å². The molecule has 2 rings (SSSR count). The van der Waals surface area contributed by atoms with Crippen LogP contribution in [0.25, 0.3) is 0 Å². The van der Waals surface area contributed by atoms with Crippen LogP contribution in [0.3, 0.4) is 0 Å². The van der Waals surface area contributed by atoms with E-state index in [-0.39, 0.29) is 5.97 Å². The van der Waals surface area contributed by atoms with Crippen LogP contribution in [0, 0.1) is 0 Å². The molecule has 1 aliphatic heterocycles. The van der Waals surface area contributed by atoms with Gasteiger partial charge in [-0.2, -0.15) is 0 Å². The first kappa shape index (κ1) is 10.8. The number of esters is 1. The van der Waals surface area contributed by atoms with Crippen molar-refractivity contribution in [3.63, 3.8) is 0 Å².